The molecule has 2 aromatic carbocycles. The van der Waals surface area contributed by atoms with Crippen molar-refractivity contribution in [1.29, 1.82) is 0 Å². The Morgan fingerprint density at radius 1 is 1.00 bits per heavy atom. The van der Waals surface area contributed by atoms with Gasteiger partial charge in [0.1, 0.15) is 5.75 Å². The highest BCUT2D eigenvalue weighted by Gasteiger charge is 2.25. The van der Waals surface area contributed by atoms with E-state index in [-0.39, 0.29) is 11.9 Å². The number of hydrogen-bond donors (Lipinski definition) is 1. The zero-order valence-corrected chi connectivity index (χ0v) is 18.5. The van der Waals surface area contributed by atoms with E-state index in [4.69, 9.17) is 4.74 Å². The molecule has 3 rings (SSSR count). The molecule has 0 bridgehead atoms. The first-order chi connectivity index (χ1) is 15.0. The highest BCUT2D eigenvalue weighted by molar-refractivity contribution is 5.81. The van der Waals surface area contributed by atoms with Crippen LogP contribution >= 0.6 is 0 Å². The topological polar surface area (TPSA) is 54.5 Å². The largest absolute Gasteiger partial charge is 0.479 e. The molecule has 0 radical (unpaired) electrons. The average molecular weight is 418 g/mol. The Bertz CT molecular complexity index is 945. The molecule has 1 atom stereocenters. The van der Waals surface area contributed by atoms with Crippen molar-refractivity contribution in [3.8, 4) is 5.75 Å². The molecule has 0 spiro atoms. The summed E-state index contributed by atoms with van der Waals surface area (Å²) < 4.78 is 6.14. The highest BCUT2D eigenvalue weighted by Crippen LogP contribution is 2.16. The fourth-order valence-electron chi connectivity index (χ4n) is 3.36. The minimum Gasteiger partial charge on any atom is -0.479 e. The Hall–Kier alpha value is -3.18. The van der Waals surface area contributed by atoms with Crippen molar-refractivity contribution in [2.24, 2.45) is 0 Å². The molecule has 5 nitrogen and oxygen atoms in total. The normalized spacial score (nSPS) is 12.0. The van der Waals surface area contributed by atoms with Crippen molar-refractivity contribution in [3.63, 3.8) is 0 Å². The van der Waals surface area contributed by atoms with Gasteiger partial charge in [-0.15, -0.1) is 0 Å². The SMILES string of the molecule is Cc1cccc(CN(CC(Oc2ccccc2)C(=O)NCc2ccncc2)C(C)C)c1. The third-order valence-corrected chi connectivity index (χ3v) is 5.13. The van der Waals surface area contributed by atoms with Crippen molar-refractivity contribution in [1.82, 2.24) is 15.2 Å². The fraction of sp³-hybridized carbons (Fsp3) is 0.308. The van der Waals surface area contributed by atoms with Gasteiger partial charge in [0.05, 0.1) is 0 Å². The molecule has 3 aromatic rings. The number of benzene rings is 2. The molecule has 0 fully saturated rings. The van der Waals surface area contributed by atoms with E-state index in [1.165, 1.54) is 11.1 Å². The smallest absolute Gasteiger partial charge is 0.262 e. The molecule has 1 aromatic heterocycles. The molecule has 0 aliphatic heterocycles. The number of ether oxygens (including phenoxy) is 1. The summed E-state index contributed by atoms with van der Waals surface area (Å²) >= 11 is 0. The van der Waals surface area contributed by atoms with Crippen molar-refractivity contribution in [3.05, 3.63) is 95.8 Å². The zero-order chi connectivity index (χ0) is 22.1. The number of rotatable bonds is 10. The second-order valence-electron chi connectivity index (χ2n) is 8.01. The molecule has 1 N–H and O–H groups in total. The number of hydrogen-bond acceptors (Lipinski definition) is 4. The zero-order valence-electron chi connectivity index (χ0n) is 18.5. The Morgan fingerprint density at radius 3 is 2.42 bits per heavy atom. The second kappa shape index (κ2) is 11.3. The quantitative estimate of drug-likeness (QED) is 0.532. The van der Waals surface area contributed by atoms with Crippen molar-refractivity contribution < 1.29 is 9.53 Å². The van der Waals surface area contributed by atoms with Crippen LogP contribution in [0, 0.1) is 6.92 Å². The maximum absolute atomic E-state index is 13.1. The molecule has 0 saturated heterocycles. The van der Waals surface area contributed by atoms with Gasteiger partial charge in [-0.1, -0.05) is 48.0 Å². The van der Waals surface area contributed by atoms with Gasteiger partial charge in [0.2, 0.25) is 0 Å². The van der Waals surface area contributed by atoms with Gasteiger partial charge in [-0.3, -0.25) is 14.7 Å². The van der Waals surface area contributed by atoms with E-state index in [1.807, 2.05) is 42.5 Å². The van der Waals surface area contributed by atoms with Crippen LogP contribution in [0.25, 0.3) is 0 Å². The van der Waals surface area contributed by atoms with Gasteiger partial charge in [0.15, 0.2) is 6.10 Å². The summed E-state index contributed by atoms with van der Waals surface area (Å²) in [6, 6.07) is 22.0. The van der Waals surface area contributed by atoms with Gasteiger partial charge in [-0.25, -0.2) is 0 Å². The van der Waals surface area contributed by atoms with Crippen LogP contribution in [0.1, 0.15) is 30.5 Å². The van der Waals surface area contributed by atoms with Crippen LogP contribution in [-0.4, -0.2) is 34.5 Å². The molecular formula is C26H31N3O2. The predicted octanol–water partition coefficient (Wildman–Crippen LogP) is 4.36. The molecule has 0 aliphatic carbocycles. The third-order valence-electron chi connectivity index (χ3n) is 5.13. The van der Waals surface area contributed by atoms with Crippen LogP contribution in [0.2, 0.25) is 0 Å². The predicted molar refractivity (Wildman–Crippen MR) is 124 cm³/mol. The molecule has 31 heavy (non-hydrogen) atoms. The second-order valence-corrected chi connectivity index (χ2v) is 8.01. The Morgan fingerprint density at radius 2 is 1.74 bits per heavy atom. The van der Waals surface area contributed by atoms with Crippen LogP contribution in [-0.2, 0) is 17.9 Å². The standard InChI is InChI=1S/C26H31N3O2/c1-20(2)29(18-23-9-7-8-21(3)16-23)19-25(31-24-10-5-4-6-11-24)26(30)28-17-22-12-14-27-15-13-22/h4-16,20,25H,17-19H2,1-3H3,(H,28,30). The van der Waals surface area contributed by atoms with Crippen molar-refractivity contribution in [2.45, 2.75) is 46.0 Å². The van der Waals surface area contributed by atoms with Crippen LogP contribution < -0.4 is 10.1 Å². The maximum Gasteiger partial charge on any atom is 0.262 e. The summed E-state index contributed by atoms with van der Waals surface area (Å²) in [5.74, 6) is 0.557. The summed E-state index contributed by atoms with van der Waals surface area (Å²) in [6.45, 7) is 8.06. The van der Waals surface area contributed by atoms with E-state index in [0.717, 1.165) is 12.1 Å². The fourth-order valence-corrected chi connectivity index (χ4v) is 3.36. The lowest BCUT2D eigenvalue weighted by atomic mass is 10.1. The first-order valence-corrected chi connectivity index (χ1v) is 10.7. The van der Waals surface area contributed by atoms with Gasteiger partial charge in [0.25, 0.3) is 5.91 Å². The van der Waals surface area contributed by atoms with Crippen LogP contribution in [0.3, 0.4) is 0 Å². The minimum absolute atomic E-state index is 0.129. The highest BCUT2D eigenvalue weighted by atomic mass is 16.5. The third kappa shape index (κ3) is 7.23. The van der Waals surface area contributed by atoms with Gasteiger partial charge in [-0.05, 0) is 56.2 Å². The lowest BCUT2D eigenvalue weighted by Crippen LogP contribution is -2.47. The van der Waals surface area contributed by atoms with E-state index in [0.29, 0.717) is 18.8 Å². The number of carbonyl (C=O) groups excluding carboxylic acids is 1. The Kier molecular flexibility index (Phi) is 8.19. The van der Waals surface area contributed by atoms with Gasteiger partial charge in [-0.2, -0.15) is 0 Å². The van der Waals surface area contributed by atoms with Crippen molar-refractivity contribution >= 4 is 5.91 Å². The van der Waals surface area contributed by atoms with Crippen LogP contribution in [0.15, 0.2) is 79.1 Å². The Balaban J connectivity index is 1.73. The number of amides is 1. The summed E-state index contributed by atoms with van der Waals surface area (Å²) in [6.07, 6.45) is 2.82. The van der Waals surface area contributed by atoms with Gasteiger partial charge in [0, 0.05) is 38.1 Å². The maximum atomic E-state index is 13.1. The summed E-state index contributed by atoms with van der Waals surface area (Å²) in [4.78, 5) is 19.4. The first kappa shape index (κ1) is 22.5. The Labute approximate surface area is 185 Å². The van der Waals surface area contributed by atoms with Gasteiger partial charge < -0.3 is 10.1 Å². The van der Waals surface area contributed by atoms with E-state index >= 15 is 0 Å². The first-order valence-electron chi connectivity index (χ1n) is 10.7. The minimum atomic E-state index is -0.628. The van der Waals surface area contributed by atoms with E-state index in [1.54, 1.807) is 12.4 Å². The van der Waals surface area contributed by atoms with E-state index in [9.17, 15) is 4.79 Å². The van der Waals surface area contributed by atoms with Gasteiger partial charge >= 0.3 is 0 Å². The summed E-state index contributed by atoms with van der Waals surface area (Å²) in [7, 11) is 0. The number of aromatic nitrogens is 1. The molecule has 0 aliphatic rings. The molecule has 1 unspecified atom stereocenters. The molecular weight excluding hydrogens is 386 g/mol. The number of para-hydroxylation sites is 1. The number of nitrogens with one attached hydrogen (secondary N) is 1. The van der Waals surface area contributed by atoms with Crippen molar-refractivity contribution in [2.75, 3.05) is 6.54 Å². The number of carbonyl (C=O) groups is 1. The molecule has 0 saturated carbocycles. The summed E-state index contributed by atoms with van der Waals surface area (Å²) in [5, 5.41) is 3.02. The number of aryl methyl sites for hydroxylation is 1. The molecule has 1 heterocycles. The van der Waals surface area contributed by atoms with Crippen LogP contribution in [0.5, 0.6) is 5.75 Å². The molecule has 5 heteroatoms. The van der Waals surface area contributed by atoms with E-state index < -0.39 is 6.10 Å². The lowest BCUT2D eigenvalue weighted by molar-refractivity contribution is -0.129. The molecule has 1 amide bonds. The number of pyridine rings is 1. The van der Waals surface area contributed by atoms with E-state index in [2.05, 4.69) is 60.2 Å². The lowest BCUT2D eigenvalue weighted by Gasteiger charge is -2.30. The van der Waals surface area contributed by atoms with Crippen LogP contribution in [0.4, 0.5) is 0 Å². The average Bonchev–Trinajstić information content (AvgIpc) is 2.78. The molecule has 162 valence electrons. The monoisotopic (exact) mass is 417 g/mol. The summed E-state index contributed by atoms with van der Waals surface area (Å²) in [5.41, 5.74) is 3.46. The number of nitrogens with zero attached hydrogens (tertiary/aromatic N) is 2.